The number of carbonyl (C=O) groups excluding carboxylic acids is 1. The third kappa shape index (κ3) is 4.67. The SMILES string of the molecule is CCOC(=O)CCN(C)S(=O)(=O)c1c(Br)cc(N)cc1Br. The maximum Gasteiger partial charge on any atom is 0.307 e. The molecule has 0 aromatic heterocycles. The van der Waals surface area contributed by atoms with E-state index in [1.807, 2.05) is 0 Å². The van der Waals surface area contributed by atoms with Crippen LogP contribution in [0.15, 0.2) is 26.0 Å². The van der Waals surface area contributed by atoms with Gasteiger partial charge in [0.1, 0.15) is 4.90 Å². The van der Waals surface area contributed by atoms with Crippen LogP contribution in [-0.4, -0.2) is 38.9 Å². The van der Waals surface area contributed by atoms with Gasteiger partial charge in [0.25, 0.3) is 0 Å². The number of hydrogen-bond acceptors (Lipinski definition) is 5. The van der Waals surface area contributed by atoms with Crippen LogP contribution < -0.4 is 5.73 Å². The summed E-state index contributed by atoms with van der Waals surface area (Å²) in [6, 6.07) is 3.02. The van der Waals surface area contributed by atoms with Crippen LogP contribution in [0, 0.1) is 0 Å². The van der Waals surface area contributed by atoms with E-state index >= 15 is 0 Å². The summed E-state index contributed by atoms with van der Waals surface area (Å²) in [6.07, 6.45) is -0.00617. The number of rotatable bonds is 6. The molecule has 0 heterocycles. The molecule has 2 N–H and O–H groups in total. The topological polar surface area (TPSA) is 89.7 Å². The van der Waals surface area contributed by atoms with E-state index in [1.54, 1.807) is 6.92 Å². The summed E-state index contributed by atoms with van der Waals surface area (Å²) in [5, 5.41) is 0. The molecule has 0 fully saturated rings. The lowest BCUT2D eigenvalue weighted by atomic mass is 10.3. The second kappa shape index (κ2) is 7.57. The molecule has 0 unspecified atom stereocenters. The first-order valence-electron chi connectivity index (χ1n) is 6.06. The largest absolute Gasteiger partial charge is 0.466 e. The Balaban J connectivity index is 2.98. The highest BCUT2D eigenvalue weighted by Gasteiger charge is 2.26. The average molecular weight is 444 g/mol. The quantitative estimate of drug-likeness (QED) is 0.538. The molecule has 9 heteroatoms. The van der Waals surface area contributed by atoms with Crippen molar-refractivity contribution in [3.63, 3.8) is 0 Å². The summed E-state index contributed by atoms with van der Waals surface area (Å²) >= 11 is 6.40. The summed E-state index contributed by atoms with van der Waals surface area (Å²) < 4.78 is 31.7. The Kier molecular flexibility index (Phi) is 6.64. The fourth-order valence-corrected chi connectivity index (χ4v) is 5.29. The molecule has 0 bridgehead atoms. The van der Waals surface area contributed by atoms with Crippen LogP contribution in [0.2, 0.25) is 0 Å². The van der Waals surface area contributed by atoms with Gasteiger partial charge >= 0.3 is 5.97 Å². The van der Waals surface area contributed by atoms with E-state index in [9.17, 15) is 13.2 Å². The number of nitrogens with zero attached hydrogens (tertiary/aromatic N) is 1. The minimum Gasteiger partial charge on any atom is -0.466 e. The van der Waals surface area contributed by atoms with Gasteiger partial charge in [0.2, 0.25) is 10.0 Å². The van der Waals surface area contributed by atoms with Crippen LogP contribution in [0.3, 0.4) is 0 Å². The van der Waals surface area contributed by atoms with Gasteiger partial charge in [-0.25, -0.2) is 12.7 Å². The van der Waals surface area contributed by atoms with Gasteiger partial charge < -0.3 is 10.5 Å². The van der Waals surface area contributed by atoms with E-state index in [1.165, 1.54) is 19.2 Å². The molecule has 0 amide bonds. The van der Waals surface area contributed by atoms with E-state index in [0.717, 1.165) is 4.31 Å². The van der Waals surface area contributed by atoms with E-state index in [-0.39, 0.29) is 24.5 Å². The van der Waals surface area contributed by atoms with Gasteiger partial charge in [-0.2, -0.15) is 0 Å². The maximum absolute atomic E-state index is 12.5. The fraction of sp³-hybridized carbons (Fsp3) is 0.417. The monoisotopic (exact) mass is 442 g/mol. The number of sulfonamides is 1. The lowest BCUT2D eigenvalue weighted by molar-refractivity contribution is -0.143. The number of ether oxygens (including phenoxy) is 1. The Morgan fingerprint density at radius 1 is 1.33 bits per heavy atom. The molecule has 21 heavy (non-hydrogen) atoms. The summed E-state index contributed by atoms with van der Waals surface area (Å²) in [4.78, 5) is 11.4. The minimum atomic E-state index is -3.75. The number of esters is 1. The molecule has 0 atom stereocenters. The number of halogens is 2. The van der Waals surface area contributed by atoms with E-state index < -0.39 is 16.0 Å². The first-order valence-corrected chi connectivity index (χ1v) is 9.09. The molecule has 0 saturated heterocycles. The van der Waals surface area contributed by atoms with Crippen molar-refractivity contribution < 1.29 is 17.9 Å². The number of benzene rings is 1. The molecule has 0 spiro atoms. The predicted molar refractivity (Wildman–Crippen MR) is 87.3 cm³/mol. The summed E-state index contributed by atoms with van der Waals surface area (Å²) in [5.41, 5.74) is 6.08. The van der Waals surface area contributed by atoms with Gasteiger partial charge in [0, 0.05) is 28.2 Å². The standard InChI is InChI=1S/C12H16Br2N2O4S/c1-3-20-11(17)4-5-16(2)21(18,19)12-9(13)6-8(15)7-10(12)14/h6-7H,3-5,15H2,1-2H3. The first kappa shape index (κ1) is 18.4. The Morgan fingerprint density at radius 3 is 2.33 bits per heavy atom. The van der Waals surface area contributed by atoms with Crippen molar-refractivity contribution in [1.82, 2.24) is 4.31 Å². The Labute approximate surface area is 140 Å². The van der Waals surface area contributed by atoms with Crippen molar-refractivity contribution in [3.8, 4) is 0 Å². The molecule has 0 aliphatic heterocycles. The Hall–Kier alpha value is -0.640. The fourth-order valence-electron chi connectivity index (χ4n) is 1.58. The highest BCUT2D eigenvalue weighted by atomic mass is 79.9. The van der Waals surface area contributed by atoms with Crippen molar-refractivity contribution in [2.24, 2.45) is 0 Å². The molecule has 1 rings (SSSR count). The van der Waals surface area contributed by atoms with Gasteiger partial charge in [0.05, 0.1) is 13.0 Å². The lowest BCUT2D eigenvalue weighted by Crippen LogP contribution is -2.30. The first-order chi connectivity index (χ1) is 9.70. The summed E-state index contributed by atoms with van der Waals surface area (Å²) in [5.74, 6) is -0.435. The molecule has 1 aromatic rings. The summed E-state index contributed by atoms with van der Waals surface area (Å²) in [6.45, 7) is 2.00. The normalized spacial score (nSPS) is 11.7. The third-order valence-corrected chi connectivity index (χ3v) is 6.36. The number of anilines is 1. The number of hydrogen-bond donors (Lipinski definition) is 1. The van der Waals surface area contributed by atoms with Gasteiger partial charge in [0.15, 0.2) is 0 Å². The molecular formula is C12H16Br2N2O4S. The lowest BCUT2D eigenvalue weighted by Gasteiger charge is -2.19. The number of nitrogens with two attached hydrogens (primary N) is 1. The zero-order valence-corrected chi connectivity index (χ0v) is 15.6. The van der Waals surface area contributed by atoms with Gasteiger partial charge in [-0.15, -0.1) is 0 Å². The molecule has 0 saturated carbocycles. The van der Waals surface area contributed by atoms with Crippen molar-refractivity contribution in [2.45, 2.75) is 18.2 Å². The van der Waals surface area contributed by atoms with E-state index in [2.05, 4.69) is 31.9 Å². The smallest absolute Gasteiger partial charge is 0.307 e. The van der Waals surface area contributed by atoms with E-state index in [0.29, 0.717) is 14.6 Å². The van der Waals surface area contributed by atoms with Crippen LogP contribution in [0.25, 0.3) is 0 Å². The molecule has 118 valence electrons. The molecule has 0 aliphatic rings. The Morgan fingerprint density at radius 2 is 1.86 bits per heavy atom. The van der Waals surface area contributed by atoms with Crippen LogP contribution in [-0.2, 0) is 19.6 Å². The van der Waals surface area contributed by atoms with E-state index in [4.69, 9.17) is 10.5 Å². The zero-order valence-electron chi connectivity index (χ0n) is 11.6. The van der Waals surface area contributed by atoms with Crippen molar-refractivity contribution in [2.75, 3.05) is 25.9 Å². The van der Waals surface area contributed by atoms with Crippen molar-refractivity contribution >= 4 is 53.5 Å². The average Bonchev–Trinajstić information content (AvgIpc) is 2.34. The molecular weight excluding hydrogens is 428 g/mol. The van der Waals surface area contributed by atoms with Gasteiger partial charge in [-0.1, -0.05) is 0 Å². The third-order valence-electron chi connectivity index (χ3n) is 2.63. The van der Waals surface area contributed by atoms with Gasteiger partial charge in [-0.05, 0) is 50.9 Å². The molecule has 0 aliphatic carbocycles. The highest BCUT2D eigenvalue weighted by Crippen LogP contribution is 2.34. The highest BCUT2D eigenvalue weighted by molar-refractivity contribution is 9.11. The minimum absolute atomic E-state index is 0.00617. The van der Waals surface area contributed by atoms with Crippen LogP contribution in [0.4, 0.5) is 5.69 Å². The molecule has 6 nitrogen and oxygen atoms in total. The molecule has 0 radical (unpaired) electrons. The number of nitrogen functional groups attached to an aromatic ring is 1. The second-order valence-corrected chi connectivity index (χ2v) is 7.89. The predicted octanol–water partition coefficient (Wildman–Crippen LogP) is 2.37. The maximum atomic E-state index is 12.5. The van der Waals surface area contributed by atoms with Crippen LogP contribution >= 0.6 is 31.9 Å². The summed E-state index contributed by atoms with van der Waals surface area (Å²) in [7, 11) is -2.34. The second-order valence-electron chi connectivity index (χ2n) is 4.20. The zero-order chi connectivity index (χ0) is 16.2. The molecule has 1 aromatic carbocycles. The number of carbonyl (C=O) groups is 1. The van der Waals surface area contributed by atoms with Crippen LogP contribution in [0.5, 0.6) is 0 Å². The van der Waals surface area contributed by atoms with Gasteiger partial charge in [-0.3, -0.25) is 4.79 Å². The Bertz CT molecular complexity index is 611. The van der Waals surface area contributed by atoms with Crippen LogP contribution in [0.1, 0.15) is 13.3 Å². The van der Waals surface area contributed by atoms with Crippen molar-refractivity contribution in [1.29, 1.82) is 0 Å². The van der Waals surface area contributed by atoms with Crippen molar-refractivity contribution in [3.05, 3.63) is 21.1 Å².